The predicted octanol–water partition coefficient (Wildman–Crippen LogP) is 0.276. The highest BCUT2D eigenvalue weighted by Crippen LogP contribution is 2.12. The number of morpholine rings is 1. The molecular formula is C17H27N3O3. The smallest absolute Gasteiger partial charge is 0.234 e. The number of hydrogen-bond acceptors (Lipinski definition) is 5. The Hall–Kier alpha value is -1.63. The molecular weight excluding hydrogens is 294 g/mol. The number of methoxy groups -OCH3 is 1. The predicted molar refractivity (Wildman–Crippen MR) is 89.8 cm³/mol. The standard InChI is InChI=1S/C17H27N3O3/c1-22-16-4-2-3-15(13-16)5-6-18-14-17(21)19-7-8-20-9-11-23-12-10-20/h2-4,13,18H,5-12,14H2,1H3,(H,19,21). The van der Waals surface area contributed by atoms with E-state index in [1.165, 1.54) is 5.56 Å². The topological polar surface area (TPSA) is 62.8 Å². The fourth-order valence-corrected chi connectivity index (χ4v) is 2.50. The highest BCUT2D eigenvalue weighted by molar-refractivity contribution is 5.77. The van der Waals surface area contributed by atoms with E-state index in [1.54, 1.807) is 7.11 Å². The Morgan fingerprint density at radius 1 is 1.30 bits per heavy atom. The molecule has 2 rings (SSSR count). The number of carbonyl (C=O) groups is 1. The minimum atomic E-state index is 0.0453. The summed E-state index contributed by atoms with van der Waals surface area (Å²) in [6, 6.07) is 7.99. The average molecular weight is 321 g/mol. The van der Waals surface area contributed by atoms with Crippen LogP contribution in [0, 0.1) is 0 Å². The molecule has 23 heavy (non-hydrogen) atoms. The van der Waals surface area contributed by atoms with Gasteiger partial charge in [-0.15, -0.1) is 0 Å². The summed E-state index contributed by atoms with van der Waals surface area (Å²) in [7, 11) is 1.67. The normalized spacial score (nSPS) is 15.3. The van der Waals surface area contributed by atoms with E-state index in [2.05, 4.69) is 21.6 Å². The van der Waals surface area contributed by atoms with Crippen LogP contribution in [0.25, 0.3) is 0 Å². The lowest BCUT2D eigenvalue weighted by Gasteiger charge is -2.26. The maximum absolute atomic E-state index is 11.8. The van der Waals surface area contributed by atoms with Crippen molar-refractivity contribution in [1.29, 1.82) is 0 Å². The van der Waals surface area contributed by atoms with Gasteiger partial charge in [0.1, 0.15) is 5.75 Å². The van der Waals surface area contributed by atoms with E-state index in [0.717, 1.165) is 51.6 Å². The largest absolute Gasteiger partial charge is 0.497 e. The second kappa shape index (κ2) is 10.2. The number of nitrogens with zero attached hydrogens (tertiary/aromatic N) is 1. The van der Waals surface area contributed by atoms with Gasteiger partial charge in [0, 0.05) is 26.2 Å². The number of ether oxygens (including phenoxy) is 2. The zero-order valence-corrected chi connectivity index (χ0v) is 13.8. The summed E-state index contributed by atoms with van der Waals surface area (Å²) < 4.78 is 10.5. The van der Waals surface area contributed by atoms with E-state index in [-0.39, 0.29) is 5.91 Å². The molecule has 1 aliphatic heterocycles. The van der Waals surface area contributed by atoms with Crippen molar-refractivity contribution in [2.75, 3.05) is 59.6 Å². The molecule has 0 aromatic heterocycles. The summed E-state index contributed by atoms with van der Waals surface area (Å²) in [4.78, 5) is 14.1. The van der Waals surface area contributed by atoms with Crippen LogP contribution >= 0.6 is 0 Å². The molecule has 0 aliphatic carbocycles. The third-order valence-corrected chi connectivity index (χ3v) is 3.86. The van der Waals surface area contributed by atoms with E-state index in [4.69, 9.17) is 9.47 Å². The van der Waals surface area contributed by atoms with Gasteiger partial charge in [0.05, 0.1) is 26.9 Å². The van der Waals surface area contributed by atoms with E-state index >= 15 is 0 Å². The minimum Gasteiger partial charge on any atom is -0.497 e. The summed E-state index contributed by atoms with van der Waals surface area (Å²) in [6.45, 7) is 6.19. The van der Waals surface area contributed by atoms with Crippen LogP contribution in [-0.2, 0) is 16.0 Å². The maximum atomic E-state index is 11.8. The lowest BCUT2D eigenvalue weighted by atomic mass is 10.1. The SMILES string of the molecule is COc1cccc(CCNCC(=O)NCCN2CCOCC2)c1. The monoisotopic (exact) mass is 321 g/mol. The first kappa shape index (κ1) is 17.7. The van der Waals surface area contributed by atoms with E-state index < -0.39 is 0 Å². The Kier molecular flexibility index (Phi) is 7.86. The van der Waals surface area contributed by atoms with E-state index in [9.17, 15) is 4.79 Å². The van der Waals surface area contributed by atoms with Crippen molar-refractivity contribution in [3.63, 3.8) is 0 Å². The first-order valence-electron chi connectivity index (χ1n) is 8.18. The van der Waals surface area contributed by atoms with Crippen molar-refractivity contribution in [3.05, 3.63) is 29.8 Å². The zero-order valence-electron chi connectivity index (χ0n) is 13.8. The van der Waals surface area contributed by atoms with Crippen LogP contribution in [-0.4, -0.2) is 70.4 Å². The van der Waals surface area contributed by atoms with Crippen molar-refractivity contribution in [1.82, 2.24) is 15.5 Å². The number of hydrogen-bond donors (Lipinski definition) is 2. The lowest BCUT2D eigenvalue weighted by molar-refractivity contribution is -0.120. The van der Waals surface area contributed by atoms with Crippen LogP contribution in [0.4, 0.5) is 0 Å². The van der Waals surface area contributed by atoms with Crippen LogP contribution in [0.1, 0.15) is 5.56 Å². The van der Waals surface area contributed by atoms with E-state index in [0.29, 0.717) is 13.1 Å². The fourth-order valence-electron chi connectivity index (χ4n) is 2.50. The highest BCUT2D eigenvalue weighted by Gasteiger charge is 2.09. The average Bonchev–Trinajstić information content (AvgIpc) is 2.60. The highest BCUT2D eigenvalue weighted by atomic mass is 16.5. The van der Waals surface area contributed by atoms with Crippen LogP contribution in [0.2, 0.25) is 0 Å². The molecule has 6 nitrogen and oxygen atoms in total. The molecule has 0 spiro atoms. The molecule has 0 unspecified atom stereocenters. The molecule has 0 bridgehead atoms. The lowest BCUT2D eigenvalue weighted by Crippen LogP contribution is -2.43. The zero-order chi connectivity index (χ0) is 16.3. The minimum absolute atomic E-state index is 0.0453. The molecule has 0 saturated carbocycles. The molecule has 1 amide bonds. The van der Waals surface area contributed by atoms with Crippen molar-refractivity contribution in [2.24, 2.45) is 0 Å². The first-order chi connectivity index (χ1) is 11.3. The first-order valence-corrected chi connectivity index (χ1v) is 8.18. The maximum Gasteiger partial charge on any atom is 0.234 e. The van der Waals surface area contributed by atoms with Gasteiger partial charge in [0.25, 0.3) is 0 Å². The van der Waals surface area contributed by atoms with Crippen LogP contribution in [0.5, 0.6) is 5.75 Å². The fraction of sp³-hybridized carbons (Fsp3) is 0.588. The quantitative estimate of drug-likeness (QED) is 0.640. The van der Waals surface area contributed by atoms with Gasteiger partial charge < -0.3 is 20.1 Å². The molecule has 0 radical (unpaired) electrons. The molecule has 1 fully saturated rings. The number of benzene rings is 1. The summed E-state index contributed by atoms with van der Waals surface area (Å²) in [5, 5.41) is 6.12. The van der Waals surface area contributed by atoms with Gasteiger partial charge >= 0.3 is 0 Å². The molecule has 1 aliphatic rings. The summed E-state index contributed by atoms with van der Waals surface area (Å²) in [5.41, 5.74) is 1.20. The van der Waals surface area contributed by atoms with Gasteiger partial charge in [0.2, 0.25) is 5.91 Å². The summed E-state index contributed by atoms with van der Waals surface area (Å²) in [6.07, 6.45) is 0.873. The molecule has 1 aromatic carbocycles. The Morgan fingerprint density at radius 3 is 2.91 bits per heavy atom. The number of carbonyl (C=O) groups excluding carboxylic acids is 1. The van der Waals surface area contributed by atoms with Crippen molar-refractivity contribution in [3.8, 4) is 5.75 Å². The van der Waals surface area contributed by atoms with Gasteiger partial charge in [-0.05, 0) is 30.7 Å². The van der Waals surface area contributed by atoms with Gasteiger partial charge in [-0.3, -0.25) is 9.69 Å². The van der Waals surface area contributed by atoms with E-state index in [1.807, 2.05) is 18.2 Å². The Bertz CT molecular complexity index is 476. The van der Waals surface area contributed by atoms with Gasteiger partial charge in [-0.1, -0.05) is 12.1 Å². The van der Waals surface area contributed by atoms with Crippen LogP contribution < -0.4 is 15.4 Å². The number of amides is 1. The molecule has 0 atom stereocenters. The molecule has 128 valence electrons. The third kappa shape index (κ3) is 6.99. The molecule has 1 heterocycles. The molecule has 1 saturated heterocycles. The molecule has 1 aromatic rings. The third-order valence-electron chi connectivity index (χ3n) is 3.86. The molecule has 6 heteroatoms. The van der Waals surface area contributed by atoms with Crippen molar-refractivity contribution in [2.45, 2.75) is 6.42 Å². The summed E-state index contributed by atoms with van der Waals surface area (Å²) >= 11 is 0. The van der Waals surface area contributed by atoms with Crippen LogP contribution in [0.3, 0.4) is 0 Å². The van der Waals surface area contributed by atoms with Crippen molar-refractivity contribution < 1.29 is 14.3 Å². The van der Waals surface area contributed by atoms with Crippen LogP contribution in [0.15, 0.2) is 24.3 Å². The molecule has 2 N–H and O–H groups in total. The summed E-state index contributed by atoms with van der Waals surface area (Å²) in [5.74, 6) is 0.909. The second-order valence-corrected chi connectivity index (χ2v) is 5.58. The van der Waals surface area contributed by atoms with Crippen molar-refractivity contribution >= 4 is 5.91 Å². The Morgan fingerprint density at radius 2 is 2.13 bits per heavy atom. The number of nitrogens with one attached hydrogen (secondary N) is 2. The van der Waals surface area contributed by atoms with Gasteiger partial charge in [0.15, 0.2) is 0 Å². The van der Waals surface area contributed by atoms with Gasteiger partial charge in [-0.25, -0.2) is 0 Å². The second-order valence-electron chi connectivity index (χ2n) is 5.58. The Balaban J connectivity index is 1.52. The van der Waals surface area contributed by atoms with Gasteiger partial charge in [-0.2, -0.15) is 0 Å². The Labute approximate surface area is 138 Å². The number of rotatable bonds is 9.